The number of hydrogen-bond donors (Lipinski definition) is 1. The van der Waals surface area contributed by atoms with E-state index in [1.165, 1.54) is 7.11 Å². The van der Waals surface area contributed by atoms with Gasteiger partial charge in [0.2, 0.25) is 0 Å². The lowest BCUT2D eigenvalue weighted by atomic mass is 10.0. The second-order valence-corrected chi connectivity index (χ2v) is 4.64. The van der Waals surface area contributed by atoms with Crippen LogP contribution in [0.1, 0.15) is 34.2 Å². The van der Waals surface area contributed by atoms with Crippen LogP contribution in [0.3, 0.4) is 0 Å². The maximum Gasteiger partial charge on any atom is 0.339 e. The van der Waals surface area contributed by atoms with E-state index < -0.39 is 18.0 Å². The summed E-state index contributed by atoms with van der Waals surface area (Å²) in [5, 5.41) is 0. The quantitative estimate of drug-likeness (QED) is 0.810. The maximum atomic E-state index is 11.9. The number of hydrogen-bond acceptors (Lipinski definition) is 5. The highest BCUT2D eigenvalue weighted by Crippen LogP contribution is 2.23. The molecule has 0 saturated heterocycles. The van der Waals surface area contributed by atoms with Crippen LogP contribution in [-0.4, -0.2) is 36.3 Å². The number of esters is 2. The molecular weight excluding hydrogens is 260 g/mol. The molecule has 1 aromatic rings. The molecular formula is C14H22N2O4. The van der Waals surface area contributed by atoms with Crippen LogP contribution in [0.2, 0.25) is 0 Å². The number of carbonyl (C=O) groups is 2. The molecule has 0 aliphatic heterocycles. The van der Waals surface area contributed by atoms with Gasteiger partial charge in [0.15, 0.2) is 0 Å². The highest BCUT2D eigenvalue weighted by atomic mass is 16.5. The van der Waals surface area contributed by atoms with Crippen molar-refractivity contribution in [1.82, 2.24) is 4.57 Å². The summed E-state index contributed by atoms with van der Waals surface area (Å²) in [6.45, 7) is 5.72. The number of aromatic nitrogens is 1. The lowest BCUT2D eigenvalue weighted by Gasteiger charge is -2.11. The van der Waals surface area contributed by atoms with Gasteiger partial charge in [-0.3, -0.25) is 4.79 Å². The fourth-order valence-electron chi connectivity index (χ4n) is 2.20. The second-order valence-electron chi connectivity index (χ2n) is 4.64. The molecule has 0 spiro atoms. The van der Waals surface area contributed by atoms with Crippen molar-refractivity contribution in [3.63, 3.8) is 0 Å². The van der Waals surface area contributed by atoms with E-state index in [2.05, 4.69) is 0 Å². The SMILES string of the molecule is CCOC(=O)C(N)Cc1c(C(=O)OC)c(C)n(C)c1C. The maximum absolute atomic E-state index is 11.9. The van der Waals surface area contributed by atoms with Crippen molar-refractivity contribution in [1.29, 1.82) is 0 Å². The molecule has 1 heterocycles. The van der Waals surface area contributed by atoms with Gasteiger partial charge in [-0.05, 0) is 26.3 Å². The summed E-state index contributed by atoms with van der Waals surface area (Å²) in [7, 11) is 3.19. The third kappa shape index (κ3) is 3.01. The van der Waals surface area contributed by atoms with Crippen molar-refractivity contribution in [3.05, 3.63) is 22.5 Å². The van der Waals surface area contributed by atoms with Crippen molar-refractivity contribution >= 4 is 11.9 Å². The van der Waals surface area contributed by atoms with Crippen molar-refractivity contribution in [2.45, 2.75) is 33.2 Å². The molecule has 0 fully saturated rings. The number of nitrogens with zero attached hydrogens (tertiary/aromatic N) is 1. The monoisotopic (exact) mass is 282 g/mol. The number of nitrogens with two attached hydrogens (primary N) is 1. The zero-order valence-electron chi connectivity index (χ0n) is 12.6. The van der Waals surface area contributed by atoms with Gasteiger partial charge in [0, 0.05) is 24.9 Å². The van der Waals surface area contributed by atoms with Crippen LogP contribution < -0.4 is 5.73 Å². The zero-order chi connectivity index (χ0) is 15.4. The second kappa shape index (κ2) is 6.56. The normalized spacial score (nSPS) is 12.1. The molecule has 0 aromatic carbocycles. The Labute approximate surface area is 118 Å². The van der Waals surface area contributed by atoms with E-state index in [4.69, 9.17) is 15.2 Å². The van der Waals surface area contributed by atoms with Crippen LogP contribution >= 0.6 is 0 Å². The van der Waals surface area contributed by atoms with Crippen molar-refractivity contribution in [3.8, 4) is 0 Å². The summed E-state index contributed by atoms with van der Waals surface area (Å²) in [5.41, 5.74) is 8.73. The summed E-state index contributed by atoms with van der Waals surface area (Å²) in [6.07, 6.45) is 0.247. The van der Waals surface area contributed by atoms with E-state index in [1.807, 2.05) is 25.5 Å². The lowest BCUT2D eigenvalue weighted by Crippen LogP contribution is -2.35. The molecule has 6 heteroatoms. The van der Waals surface area contributed by atoms with Gasteiger partial charge in [-0.15, -0.1) is 0 Å². The van der Waals surface area contributed by atoms with E-state index >= 15 is 0 Å². The van der Waals surface area contributed by atoms with E-state index in [0.29, 0.717) is 5.56 Å². The topological polar surface area (TPSA) is 83.6 Å². The summed E-state index contributed by atoms with van der Waals surface area (Å²) in [6, 6.07) is -0.793. The largest absolute Gasteiger partial charge is 0.465 e. The molecule has 1 aromatic heterocycles. The highest BCUT2D eigenvalue weighted by Gasteiger charge is 2.26. The molecule has 20 heavy (non-hydrogen) atoms. The Balaban J connectivity index is 3.14. The molecule has 6 nitrogen and oxygen atoms in total. The van der Waals surface area contributed by atoms with Gasteiger partial charge in [-0.1, -0.05) is 0 Å². The standard InChI is InChI=1S/C14H22N2O4/c1-6-20-13(17)11(15)7-10-8(2)16(4)9(3)12(10)14(18)19-5/h11H,6-7,15H2,1-5H3. The molecule has 0 saturated carbocycles. The summed E-state index contributed by atoms with van der Waals surface area (Å²) in [5.74, 6) is -0.888. The van der Waals surface area contributed by atoms with Crippen molar-refractivity contribution in [2.24, 2.45) is 12.8 Å². The van der Waals surface area contributed by atoms with E-state index in [1.54, 1.807) is 6.92 Å². The molecule has 0 aliphatic rings. The highest BCUT2D eigenvalue weighted by molar-refractivity contribution is 5.93. The Bertz CT molecular complexity index is 520. The average Bonchev–Trinajstić information content (AvgIpc) is 2.63. The lowest BCUT2D eigenvalue weighted by molar-refractivity contribution is -0.144. The van der Waals surface area contributed by atoms with E-state index in [0.717, 1.165) is 17.0 Å². The third-order valence-electron chi connectivity index (χ3n) is 3.51. The predicted molar refractivity (Wildman–Crippen MR) is 74.5 cm³/mol. The average molecular weight is 282 g/mol. The Hall–Kier alpha value is -1.82. The Morgan fingerprint density at radius 2 is 1.90 bits per heavy atom. The minimum absolute atomic E-state index is 0.247. The van der Waals surface area contributed by atoms with Gasteiger partial charge in [0.05, 0.1) is 19.3 Å². The van der Waals surface area contributed by atoms with Crippen LogP contribution in [0.25, 0.3) is 0 Å². The molecule has 0 amide bonds. The van der Waals surface area contributed by atoms with E-state index in [9.17, 15) is 9.59 Å². The van der Waals surface area contributed by atoms with Gasteiger partial charge >= 0.3 is 11.9 Å². The van der Waals surface area contributed by atoms with Gasteiger partial charge in [-0.25, -0.2) is 4.79 Å². The molecule has 112 valence electrons. The van der Waals surface area contributed by atoms with Gasteiger partial charge in [0.1, 0.15) is 6.04 Å². The first-order valence-corrected chi connectivity index (χ1v) is 6.50. The molecule has 1 unspecified atom stereocenters. The third-order valence-corrected chi connectivity index (χ3v) is 3.51. The number of rotatable bonds is 5. The van der Waals surface area contributed by atoms with Crippen molar-refractivity contribution < 1.29 is 19.1 Å². The minimum atomic E-state index is -0.793. The fourth-order valence-corrected chi connectivity index (χ4v) is 2.20. The molecule has 0 bridgehead atoms. The number of carbonyl (C=O) groups excluding carboxylic acids is 2. The molecule has 2 N–H and O–H groups in total. The number of methoxy groups -OCH3 is 1. The van der Waals surface area contributed by atoms with Gasteiger partial charge < -0.3 is 19.8 Å². The van der Waals surface area contributed by atoms with Crippen molar-refractivity contribution in [2.75, 3.05) is 13.7 Å². The van der Waals surface area contributed by atoms with Crippen LogP contribution in [0.5, 0.6) is 0 Å². The Morgan fingerprint density at radius 3 is 2.40 bits per heavy atom. The predicted octanol–water partition coefficient (Wildman–Crippen LogP) is 0.861. The molecule has 0 aliphatic carbocycles. The fraction of sp³-hybridized carbons (Fsp3) is 0.571. The van der Waals surface area contributed by atoms with Crippen LogP contribution in [0.4, 0.5) is 0 Å². The Kier molecular flexibility index (Phi) is 5.33. The first kappa shape index (κ1) is 16.2. The van der Waals surface area contributed by atoms with Gasteiger partial charge in [0.25, 0.3) is 0 Å². The smallest absolute Gasteiger partial charge is 0.339 e. The summed E-state index contributed by atoms with van der Waals surface area (Å²) < 4.78 is 11.6. The molecule has 1 rings (SSSR count). The van der Waals surface area contributed by atoms with Crippen LogP contribution in [0.15, 0.2) is 0 Å². The first-order valence-electron chi connectivity index (χ1n) is 6.50. The minimum Gasteiger partial charge on any atom is -0.465 e. The molecule has 1 atom stereocenters. The van der Waals surface area contributed by atoms with Gasteiger partial charge in [-0.2, -0.15) is 0 Å². The number of ether oxygens (including phenoxy) is 2. The molecule has 0 radical (unpaired) electrons. The summed E-state index contributed by atoms with van der Waals surface area (Å²) in [4.78, 5) is 23.5. The Morgan fingerprint density at radius 1 is 1.30 bits per heavy atom. The first-order chi connectivity index (χ1) is 9.34. The van der Waals surface area contributed by atoms with Crippen LogP contribution in [0, 0.1) is 13.8 Å². The summed E-state index contributed by atoms with van der Waals surface area (Å²) >= 11 is 0. The van der Waals surface area contributed by atoms with Crippen LogP contribution in [-0.2, 0) is 27.7 Å². The van der Waals surface area contributed by atoms with E-state index in [-0.39, 0.29) is 13.0 Å². The zero-order valence-corrected chi connectivity index (χ0v) is 12.6.